The van der Waals surface area contributed by atoms with Crippen molar-refractivity contribution in [3.63, 3.8) is 0 Å². The van der Waals surface area contributed by atoms with Crippen LogP contribution in [0.25, 0.3) is 0 Å². The minimum absolute atomic E-state index is 0.102. The Morgan fingerprint density at radius 1 is 1.04 bits per heavy atom. The van der Waals surface area contributed by atoms with Gasteiger partial charge in [-0.05, 0) is 24.3 Å². The lowest BCUT2D eigenvalue weighted by Gasteiger charge is -2.19. The summed E-state index contributed by atoms with van der Waals surface area (Å²) in [6, 6.07) is 8.40. The van der Waals surface area contributed by atoms with E-state index in [9.17, 15) is 16.8 Å². The van der Waals surface area contributed by atoms with Gasteiger partial charge in [0.1, 0.15) is 9.79 Å². The number of sulfonamides is 2. The van der Waals surface area contributed by atoms with Crippen LogP contribution in [0.5, 0.6) is 0 Å². The number of benzene rings is 1. The van der Waals surface area contributed by atoms with E-state index in [1.807, 2.05) is 0 Å². The molecule has 1 aromatic heterocycles. The van der Waals surface area contributed by atoms with Crippen LogP contribution in [0.4, 0.5) is 5.69 Å². The van der Waals surface area contributed by atoms with Gasteiger partial charge in [-0.2, -0.15) is 4.31 Å². The van der Waals surface area contributed by atoms with Crippen molar-refractivity contribution in [3.8, 4) is 0 Å². The second kappa shape index (κ2) is 7.91. The van der Waals surface area contributed by atoms with Gasteiger partial charge in [0.25, 0.3) is 10.0 Å². The number of anilines is 1. The first-order valence-electron chi connectivity index (χ1n) is 7.26. The van der Waals surface area contributed by atoms with Crippen LogP contribution >= 0.6 is 0 Å². The van der Waals surface area contributed by atoms with E-state index in [1.54, 1.807) is 0 Å². The maximum Gasteiger partial charge on any atom is 0.263 e. The van der Waals surface area contributed by atoms with E-state index in [0.29, 0.717) is 0 Å². The first-order chi connectivity index (χ1) is 11.8. The quantitative estimate of drug-likeness (QED) is 0.731. The predicted octanol–water partition coefficient (Wildman–Crippen LogP) is 1.15. The van der Waals surface area contributed by atoms with Gasteiger partial charge in [0.15, 0.2) is 0 Å². The highest BCUT2D eigenvalue weighted by Gasteiger charge is 2.29. The molecule has 0 unspecified atom stereocenters. The Bertz CT molecular complexity index is 915. The number of methoxy groups -OCH3 is 1. The maximum absolute atomic E-state index is 12.7. The molecule has 0 fully saturated rings. The van der Waals surface area contributed by atoms with E-state index < -0.39 is 20.0 Å². The van der Waals surface area contributed by atoms with Crippen molar-refractivity contribution in [2.75, 3.05) is 32.0 Å². The molecule has 8 nitrogen and oxygen atoms in total. The molecule has 0 aliphatic carbocycles. The van der Waals surface area contributed by atoms with Gasteiger partial charge < -0.3 is 4.74 Å². The van der Waals surface area contributed by atoms with E-state index in [-0.39, 0.29) is 28.6 Å². The van der Waals surface area contributed by atoms with Crippen molar-refractivity contribution in [1.82, 2.24) is 9.29 Å². The SMILES string of the molecule is COCCN(C)S(=O)(=O)c1ccccc1S(=O)(=O)Nc1ccncc1. The molecule has 2 rings (SSSR count). The second-order valence-electron chi connectivity index (χ2n) is 5.11. The van der Waals surface area contributed by atoms with Crippen molar-refractivity contribution in [2.45, 2.75) is 9.79 Å². The molecule has 0 spiro atoms. The summed E-state index contributed by atoms with van der Waals surface area (Å²) in [5.41, 5.74) is 0.287. The van der Waals surface area contributed by atoms with Gasteiger partial charge in [-0.3, -0.25) is 9.71 Å². The molecular weight excluding hydrogens is 366 g/mol. The largest absolute Gasteiger partial charge is 0.383 e. The molecule has 0 atom stereocenters. The number of likely N-dealkylation sites (N-methyl/N-ethyl adjacent to an activating group) is 1. The number of rotatable bonds is 8. The lowest BCUT2D eigenvalue weighted by atomic mass is 10.4. The lowest BCUT2D eigenvalue weighted by Crippen LogP contribution is -2.31. The van der Waals surface area contributed by atoms with Crippen LogP contribution < -0.4 is 4.72 Å². The minimum atomic E-state index is -4.10. The van der Waals surface area contributed by atoms with Crippen LogP contribution in [0.3, 0.4) is 0 Å². The standard InChI is InChI=1S/C15H19N3O5S2/c1-18(11-12-23-2)25(21,22)15-6-4-3-5-14(15)24(19,20)17-13-7-9-16-10-8-13/h3-10H,11-12H2,1-2H3,(H,16,17). The van der Waals surface area contributed by atoms with Gasteiger partial charge in [-0.1, -0.05) is 12.1 Å². The average Bonchev–Trinajstić information content (AvgIpc) is 2.60. The lowest BCUT2D eigenvalue weighted by molar-refractivity contribution is 0.185. The van der Waals surface area contributed by atoms with Gasteiger partial charge in [0, 0.05) is 33.1 Å². The van der Waals surface area contributed by atoms with Gasteiger partial charge >= 0.3 is 0 Å². The summed E-state index contributed by atoms with van der Waals surface area (Å²) < 4.78 is 59.1. The van der Waals surface area contributed by atoms with Crippen molar-refractivity contribution < 1.29 is 21.6 Å². The van der Waals surface area contributed by atoms with Gasteiger partial charge in [0.05, 0.1) is 12.3 Å². The van der Waals surface area contributed by atoms with Gasteiger partial charge in [0.2, 0.25) is 10.0 Å². The minimum Gasteiger partial charge on any atom is -0.383 e. The predicted molar refractivity (Wildman–Crippen MR) is 93.2 cm³/mol. The van der Waals surface area contributed by atoms with Crippen molar-refractivity contribution >= 4 is 25.7 Å². The molecule has 0 bridgehead atoms. The zero-order valence-electron chi connectivity index (χ0n) is 13.8. The highest BCUT2D eigenvalue weighted by atomic mass is 32.2. The molecule has 136 valence electrons. The topological polar surface area (TPSA) is 106 Å². The third kappa shape index (κ3) is 4.54. The first-order valence-corrected chi connectivity index (χ1v) is 10.2. The van der Waals surface area contributed by atoms with E-state index >= 15 is 0 Å². The number of ether oxygens (including phenoxy) is 1. The van der Waals surface area contributed by atoms with Crippen LogP contribution in [0.2, 0.25) is 0 Å². The highest BCUT2D eigenvalue weighted by molar-refractivity contribution is 7.94. The summed E-state index contributed by atoms with van der Waals surface area (Å²) in [7, 11) is -5.27. The van der Waals surface area contributed by atoms with Crippen molar-refractivity contribution in [3.05, 3.63) is 48.8 Å². The molecule has 1 N–H and O–H groups in total. The molecular formula is C15H19N3O5S2. The van der Waals surface area contributed by atoms with E-state index in [2.05, 4.69) is 9.71 Å². The second-order valence-corrected chi connectivity index (χ2v) is 8.77. The first kappa shape index (κ1) is 19.3. The number of pyridine rings is 1. The normalized spacial score (nSPS) is 12.3. The Kier molecular flexibility index (Phi) is 6.11. The van der Waals surface area contributed by atoms with E-state index in [0.717, 1.165) is 4.31 Å². The van der Waals surface area contributed by atoms with Gasteiger partial charge in [-0.15, -0.1) is 0 Å². The Balaban J connectivity index is 2.44. The average molecular weight is 385 g/mol. The van der Waals surface area contributed by atoms with Gasteiger partial charge in [-0.25, -0.2) is 16.8 Å². The number of aromatic nitrogens is 1. The van der Waals surface area contributed by atoms with Crippen molar-refractivity contribution in [1.29, 1.82) is 0 Å². The number of hydrogen-bond acceptors (Lipinski definition) is 6. The number of nitrogens with one attached hydrogen (secondary N) is 1. The molecule has 2 aromatic rings. The molecule has 25 heavy (non-hydrogen) atoms. The van der Waals surface area contributed by atoms with Crippen LogP contribution in [0.15, 0.2) is 58.6 Å². The molecule has 0 saturated heterocycles. The third-order valence-corrected chi connectivity index (χ3v) is 6.85. The number of hydrogen-bond donors (Lipinski definition) is 1. The summed E-state index contributed by atoms with van der Waals surface area (Å²) in [4.78, 5) is 3.19. The fraction of sp³-hybridized carbons (Fsp3) is 0.267. The van der Waals surface area contributed by atoms with Crippen LogP contribution in [0.1, 0.15) is 0 Å². The fourth-order valence-electron chi connectivity index (χ4n) is 2.02. The summed E-state index contributed by atoms with van der Waals surface area (Å²) in [5, 5.41) is 0. The molecule has 0 saturated carbocycles. The monoisotopic (exact) mass is 385 g/mol. The van der Waals surface area contributed by atoms with Crippen molar-refractivity contribution in [2.24, 2.45) is 0 Å². The molecule has 0 radical (unpaired) electrons. The van der Waals surface area contributed by atoms with Crippen LogP contribution in [-0.2, 0) is 24.8 Å². The Morgan fingerprint density at radius 2 is 1.64 bits per heavy atom. The van der Waals surface area contributed by atoms with Crippen LogP contribution in [0, 0.1) is 0 Å². The smallest absolute Gasteiger partial charge is 0.263 e. The van der Waals surface area contributed by atoms with Crippen LogP contribution in [-0.4, -0.2) is 53.4 Å². The molecule has 0 aliphatic heterocycles. The summed E-state index contributed by atoms with van der Waals surface area (Å²) >= 11 is 0. The Hall–Kier alpha value is -2.01. The summed E-state index contributed by atoms with van der Waals surface area (Å²) in [6.45, 7) is 0.297. The molecule has 10 heteroatoms. The fourth-order valence-corrected chi connectivity index (χ4v) is 5.04. The molecule has 0 aliphatic rings. The summed E-state index contributed by atoms with van der Waals surface area (Å²) in [5.74, 6) is 0. The Morgan fingerprint density at radius 3 is 2.24 bits per heavy atom. The molecule has 1 heterocycles. The highest BCUT2D eigenvalue weighted by Crippen LogP contribution is 2.25. The maximum atomic E-state index is 12.7. The zero-order chi connectivity index (χ0) is 18.5. The van der Waals surface area contributed by atoms with E-state index in [4.69, 9.17) is 4.74 Å². The van der Waals surface area contributed by atoms with E-state index in [1.165, 1.54) is 62.9 Å². The Labute approximate surface area is 147 Å². The molecule has 0 amide bonds. The third-order valence-electron chi connectivity index (χ3n) is 3.37. The zero-order valence-corrected chi connectivity index (χ0v) is 15.4. The number of nitrogens with zero attached hydrogens (tertiary/aromatic N) is 2. The molecule has 1 aromatic carbocycles. The summed E-state index contributed by atoms with van der Waals surface area (Å²) in [6.07, 6.45) is 2.86.